The Bertz CT molecular complexity index is 525. The molecule has 3 nitrogen and oxygen atoms in total. The maximum absolute atomic E-state index is 5.87. The molecule has 0 atom stereocenters. The number of aryl methyl sites for hydroxylation is 3. The van der Waals surface area contributed by atoms with E-state index in [1.165, 1.54) is 0 Å². The van der Waals surface area contributed by atoms with Gasteiger partial charge in [0.15, 0.2) is 0 Å². The molecule has 2 aromatic rings. The molecular weight excluding hydrogens is 244 g/mol. The van der Waals surface area contributed by atoms with Gasteiger partial charge in [-0.2, -0.15) is 0 Å². The molecule has 0 unspecified atom stereocenters. The highest BCUT2D eigenvalue weighted by atomic mass is 32.1. The second-order valence-electron chi connectivity index (χ2n) is 4.43. The van der Waals surface area contributed by atoms with Gasteiger partial charge in [-0.25, -0.2) is 4.98 Å². The summed E-state index contributed by atoms with van der Waals surface area (Å²) < 4.78 is 5.87. The summed E-state index contributed by atoms with van der Waals surface area (Å²) in [5.41, 5.74) is 10.1. The molecule has 1 heterocycles. The van der Waals surface area contributed by atoms with Crippen molar-refractivity contribution in [2.75, 3.05) is 0 Å². The molecule has 0 aliphatic heterocycles. The minimum absolute atomic E-state index is 0.530. The molecule has 0 saturated carbocycles. The molecule has 0 amide bonds. The zero-order valence-electron chi connectivity index (χ0n) is 11.0. The Kier molecular flexibility index (Phi) is 3.99. The molecule has 1 aromatic carbocycles. The Labute approximate surface area is 112 Å². The third-order valence-electron chi connectivity index (χ3n) is 2.76. The molecule has 2 N–H and O–H groups in total. The number of aromatic nitrogens is 1. The number of nitrogens with two attached hydrogens (primary N) is 1. The normalized spacial score (nSPS) is 10.7. The highest BCUT2D eigenvalue weighted by Crippen LogP contribution is 2.26. The molecule has 0 spiro atoms. The lowest BCUT2D eigenvalue weighted by atomic mass is 10.1. The smallest absolute Gasteiger partial charge is 0.140 e. The molecule has 0 radical (unpaired) electrons. The van der Waals surface area contributed by atoms with Crippen LogP contribution in [0.4, 0.5) is 0 Å². The summed E-state index contributed by atoms with van der Waals surface area (Å²) in [6.45, 7) is 7.19. The van der Waals surface area contributed by atoms with Crippen LogP contribution in [0.25, 0.3) is 0 Å². The van der Waals surface area contributed by atoms with E-state index in [0.717, 1.165) is 33.1 Å². The zero-order chi connectivity index (χ0) is 13.1. The number of nitrogens with zero attached hydrogens (tertiary/aromatic N) is 1. The maximum atomic E-state index is 5.87. The lowest BCUT2D eigenvalue weighted by molar-refractivity contribution is 0.301. The molecule has 0 saturated heterocycles. The van der Waals surface area contributed by atoms with Crippen LogP contribution in [-0.4, -0.2) is 4.98 Å². The van der Waals surface area contributed by atoms with E-state index < -0.39 is 0 Å². The second-order valence-corrected chi connectivity index (χ2v) is 5.38. The summed E-state index contributed by atoms with van der Waals surface area (Å²) in [7, 11) is 0. The van der Waals surface area contributed by atoms with Crippen molar-refractivity contribution in [2.45, 2.75) is 33.9 Å². The van der Waals surface area contributed by atoms with Gasteiger partial charge in [0, 0.05) is 17.6 Å². The monoisotopic (exact) mass is 262 g/mol. The fourth-order valence-electron chi connectivity index (χ4n) is 1.99. The Morgan fingerprint density at radius 3 is 2.39 bits per heavy atom. The molecule has 1 aromatic heterocycles. The van der Waals surface area contributed by atoms with Gasteiger partial charge in [-0.15, -0.1) is 11.3 Å². The topological polar surface area (TPSA) is 48.1 Å². The maximum Gasteiger partial charge on any atom is 0.140 e. The highest BCUT2D eigenvalue weighted by Gasteiger charge is 2.07. The molecule has 0 aliphatic carbocycles. The van der Waals surface area contributed by atoms with Gasteiger partial charge >= 0.3 is 0 Å². The minimum Gasteiger partial charge on any atom is -0.486 e. The summed E-state index contributed by atoms with van der Waals surface area (Å²) in [6, 6.07) is 4.16. The first-order valence-electron chi connectivity index (χ1n) is 5.94. The van der Waals surface area contributed by atoms with E-state index in [1.54, 1.807) is 11.3 Å². The van der Waals surface area contributed by atoms with Crippen molar-refractivity contribution in [3.8, 4) is 5.75 Å². The van der Waals surface area contributed by atoms with Crippen LogP contribution in [0, 0.1) is 20.8 Å². The summed E-state index contributed by atoms with van der Waals surface area (Å²) >= 11 is 1.63. The third kappa shape index (κ3) is 2.89. The molecule has 0 aliphatic rings. The van der Waals surface area contributed by atoms with Crippen molar-refractivity contribution < 1.29 is 4.74 Å². The summed E-state index contributed by atoms with van der Waals surface area (Å²) in [6.07, 6.45) is 0. The largest absolute Gasteiger partial charge is 0.486 e. The third-order valence-corrected chi connectivity index (χ3v) is 3.70. The molecule has 18 heavy (non-hydrogen) atoms. The Balaban J connectivity index is 2.14. The standard InChI is InChI=1S/C14H18N2OS/c1-9-4-12(6-15)5-10(2)14(9)17-7-13-16-11(3)8-18-13/h4-5,8H,6-7,15H2,1-3H3. The van der Waals surface area contributed by atoms with E-state index in [4.69, 9.17) is 10.5 Å². The minimum atomic E-state index is 0.530. The SMILES string of the molecule is Cc1csc(COc2c(C)cc(CN)cc2C)n1. The van der Waals surface area contributed by atoms with Crippen molar-refractivity contribution in [3.63, 3.8) is 0 Å². The van der Waals surface area contributed by atoms with E-state index in [0.29, 0.717) is 13.2 Å². The van der Waals surface area contributed by atoms with Gasteiger partial charge < -0.3 is 10.5 Å². The van der Waals surface area contributed by atoms with Gasteiger partial charge in [-0.1, -0.05) is 12.1 Å². The van der Waals surface area contributed by atoms with Gasteiger partial charge in [0.2, 0.25) is 0 Å². The number of thiazole rings is 1. The average molecular weight is 262 g/mol. The lowest BCUT2D eigenvalue weighted by Gasteiger charge is -2.12. The zero-order valence-corrected chi connectivity index (χ0v) is 11.8. The molecule has 0 fully saturated rings. The summed E-state index contributed by atoms with van der Waals surface area (Å²) in [4.78, 5) is 4.39. The Morgan fingerprint density at radius 2 is 1.89 bits per heavy atom. The second kappa shape index (κ2) is 5.50. The predicted octanol–water partition coefficient (Wildman–Crippen LogP) is 3.11. The number of ether oxygens (including phenoxy) is 1. The first-order valence-corrected chi connectivity index (χ1v) is 6.82. The Hall–Kier alpha value is -1.39. The van der Waals surface area contributed by atoms with E-state index in [-0.39, 0.29) is 0 Å². The fourth-order valence-corrected chi connectivity index (χ4v) is 2.67. The highest BCUT2D eigenvalue weighted by molar-refractivity contribution is 7.09. The van der Waals surface area contributed by atoms with Crippen LogP contribution in [0.3, 0.4) is 0 Å². The van der Waals surface area contributed by atoms with E-state index >= 15 is 0 Å². The summed E-state index contributed by atoms with van der Waals surface area (Å²) in [5.74, 6) is 0.944. The molecule has 96 valence electrons. The van der Waals surface area contributed by atoms with Crippen molar-refractivity contribution in [1.82, 2.24) is 4.98 Å². The predicted molar refractivity (Wildman–Crippen MR) is 75.0 cm³/mol. The van der Waals surface area contributed by atoms with Gasteiger partial charge in [0.25, 0.3) is 0 Å². The summed E-state index contributed by atoms with van der Waals surface area (Å²) in [5, 5.41) is 3.05. The van der Waals surface area contributed by atoms with Crippen molar-refractivity contribution >= 4 is 11.3 Å². The van der Waals surface area contributed by atoms with Crippen LogP contribution in [0.15, 0.2) is 17.5 Å². The van der Waals surface area contributed by atoms with Gasteiger partial charge in [-0.05, 0) is 37.5 Å². The van der Waals surface area contributed by atoms with E-state index in [2.05, 4.69) is 31.0 Å². The van der Waals surface area contributed by atoms with Crippen LogP contribution in [0.2, 0.25) is 0 Å². The average Bonchev–Trinajstić information content (AvgIpc) is 2.73. The number of hydrogen-bond donors (Lipinski definition) is 1. The van der Waals surface area contributed by atoms with Crippen molar-refractivity contribution in [2.24, 2.45) is 5.73 Å². The fraction of sp³-hybridized carbons (Fsp3) is 0.357. The molecule has 2 rings (SSSR count). The van der Waals surface area contributed by atoms with Gasteiger partial charge in [0.05, 0.1) is 0 Å². The number of benzene rings is 1. The lowest BCUT2D eigenvalue weighted by Crippen LogP contribution is -2.02. The first-order chi connectivity index (χ1) is 8.60. The molecule has 0 bridgehead atoms. The van der Waals surface area contributed by atoms with Crippen LogP contribution >= 0.6 is 11.3 Å². The Morgan fingerprint density at radius 1 is 1.22 bits per heavy atom. The molecule has 4 heteroatoms. The van der Waals surface area contributed by atoms with Gasteiger partial charge in [0.1, 0.15) is 17.4 Å². The van der Waals surface area contributed by atoms with Crippen LogP contribution < -0.4 is 10.5 Å². The molecular formula is C14H18N2OS. The quantitative estimate of drug-likeness (QED) is 0.921. The van der Waals surface area contributed by atoms with Crippen molar-refractivity contribution in [3.05, 3.63) is 44.9 Å². The number of hydrogen-bond acceptors (Lipinski definition) is 4. The van der Waals surface area contributed by atoms with Gasteiger partial charge in [-0.3, -0.25) is 0 Å². The van der Waals surface area contributed by atoms with E-state index in [1.807, 2.05) is 12.3 Å². The van der Waals surface area contributed by atoms with Crippen LogP contribution in [0.1, 0.15) is 27.4 Å². The first kappa shape index (κ1) is 13.1. The van der Waals surface area contributed by atoms with Crippen molar-refractivity contribution in [1.29, 1.82) is 0 Å². The van der Waals surface area contributed by atoms with Crippen LogP contribution in [0.5, 0.6) is 5.75 Å². The van der Waals surface area contributed by atoms with E-state index in [9.17, 15) is 0 Å². The van der Waals surface area contributed by atoms with Crippen LogP contribution in [-0.2, 0) is 13.2 Å². The number of rotatable bonds is 4.